The maximum absolute atomic E-state index is 9.49. The van der Waals surface area contributed by atoms with Crippen molar-refractivity contribution in [2.45, 2.75) is 61.3 Å². The van der Waals surface area contributed by atoms with Crippen molar-refractivity contribution in [3.63, 3.8) is 0 Å². The number of aliphatic hydroxyl groups excluding tert-OH is 2. The molecule has 0 aliphatic rings. The van der Waals surface area contributed by atoms with Crippen LogP contribution in [-0.4, -0.2) is 90.7 Å². The van der Waals surface area contributed by atoms with E-state index in [0.29, 0.717) is 13.2 Å². The van der Waals surface area contributed by atoms with Gasteiger partial charge in [-0.15, -0.1) is 0 Å². The first kappa shape index (κ1) is 35.9. The van der Waals surface area contributed by atoms with Crippen molar-refractivity contribution < 1.29 is 46.1 Å². The third-order valence-corrected chi connectivity index (χ3v) is 5.95. The summed E-state index contributed by atoms with van der Waals surface area (Å²) < 4.78 is 2.31. The van der Waals surface area contributed by atoms with Gasteiger partial charge in [0.15, 0.2) is 0 Å². The van der Waals surface area contributed by atoms with Gasteiger partial charge in [0, 0.05) is 26.1 Å². The molecule has 178 valence electrons. The highest BCUT2D eigenvalue weighted by Crippen LogP contribution is 2.07. The number of carbonyl (C=O) groups is 1. The van der Waals surface area contributed by atoms with E-state index in [0.717, 1.165) is 34.9 Å². The largest absolute Gasteiger partial charge is 1.00 e. The van der Waals surface area contributed by atoms with E-state index in [9.17, 15) is 9.90 Å². The normalized spacial score (nSPS) is 10.7. The van der Waals surface area contributed by atoms with Crippen molar-refractivity contribution in [1.82, 2.24) is 0 Å². The first-order chi connectivity index (χ1) is 13.1. The fourth-order valence-electron chi connectivity index (χ4n) is 3.10. The fourth-order valence-corrected chi connectivity index (χ4v) is 3.10. The predicted octanol–water partition coefficient (Wildman–Crippen LogP) is -1.19. The van der Waals surface area contributed by atoms with Crippen molar-refractivity contribution in [2.75, 3.05) is 65.6 Å². The molecule has 0 aromatic carbocycles. The molecule has 0 atom stereocenters. The van der Waals surface area contributed by atoms with Gasteiger partial charge in [-0.25, -0.2) is 0 Å². The van der Waals surface area contributed by atoms with Crippen LogP contribution >= 0.6 is 0 Å². The van der Waals surface area contributed by atoms with Gasteiger partial charge in [0.1, 0.15) is 0 Å². The van der Waals surface area contributed by atoms with Gasteiger partial charge < -0.3 is 46.1 Å². The molecule has 0 radical (unpaired) electrons. The van der Waals surface area contributed by atoms with Crippen molar-refractivity contribution >= 4 is 5.97 Å². The molecule has 0 aliphatic carbocycles. The van der Waals surface area contributed by atoms with E-state index >= 15 is 0 Å². The number of quaternary nitrogens is 2. The Hall–Kier alpha value is -0.470. The van der Waals surface area contributed by atoms with E-state index in [2.05, 4.69) is 48.1 Å². The quantitative estimate of drug-likeness (QED) is 0.254. The number of aliphatic hydroxyl groups is 2. The molecule has 6 nitrogen and oxygen atoms in total. The summed E-state index contributed by atoms with van der Waals surface area (Å²) in [6, 6.07) is 0. The highest BCUT2D eigenvalue weighted by Gasteiger charge is 2.19. The molecule has 0 rings (SSSR count). The van der Waals surface area contributed by atoms with E-state index in [1.54, 1.807) is 0 Å². The minimum absolute atomic E-state index is 0. The van der Waals surface area contributed by atoms with Crippen molar-refractivity contribution in [3.05, 3.63) is 12.2 Å². The lowest BCUT2D eigenvalue weighted by molar-refractivity contribution is -0.923. The van der Waals surface area contributed by atoms with Gasteiger partial charge in [-0.2, -0.15) is 0 Å². The third-order valence-electron chi connectivity index (χ3n) is 5.95. The number of carbonyl (C=O) groups excluding carboxylic acids is 1. The number of carboxylic acids is 1. The average molecular weight is 486 g/mol. The number of halogens is 1. The lowest BCUT2D eigenvalue weighted by Gasteiger charge is -2.35. The van der Waals surface area contributed by atoms with Crippen LogP contribution < -0.4 is 22.1 Å². The molecule has 0 saturated carbocycles. The Balaban J connectivity index is -0.000000166. The Morgan fingerprint density at radius 3 is 1.07 bits per heavy atom. The predicted molar refractivity (Wildman–Crippen MR) is 117 cm³/mol. The first-order valence-electron chi connectivity index (χ1n) is 10.9. The maximum Gasteiger partial charge on any atom is 0.0808 e. The molecule has 0 spiro atoms. The minimum atomic E-state index is -1.19. The molecule has 0 aliphatic heterocycles. The van der Waals surface area contributed by atoms with Crippen LogP contribution in [0.4, 0.5) is 0 Å². The average Bonchev–Trinajstić information content (AvgIpc) is 2.72. The lowest BCUT2D eigenvalue weighted by atomic mass is 10.3. The molecule has 0 fully saturated rings. The Kier molecular flexibility index (Phi) is 27.5. The summed E-state index contributed by atoms with van der Waals surface area (Å²) in [6.45, 7) is 27.9. The van der Waals surface area contributed by atoms with Crippen LogP contribution in [0, 0.1) is 0 Å². The number of hydrogen-bond acceptors (Lipinski definition) is 4. The van der Waals surface area contributed by atoms with Crippen molar-refractivity contribution in [2.24, 2.45) is 0 Å². The SMILES string of the molecule is C=C(C)C(=O)[O-].CC[N+](CC)(CC)CCCO.CC[N+](CC)(CC)CCCO.[Br-]. The van der Waals surface area contributed by atoms with Crippen LogP contribution in [-0.2, 0) is 4.79 Å². The van der Waals surface area contributed by atoms with Gasteiger partial charge in [0.25, 0.3) is 0 Å². The van der Waals surface area contributed by atoms with Crippen molar-refractivity contribution in [3.8, 4) is 0 Å². The van der Waals surface area contributed by atoms with E-state index in [1.807, 2.05) is 0 Å². The Labute approximate surface area is 191 Å². The highest BCUT2D eigenvalue weighted by atomic mass is 79.9. The van der Waals surface area contributed by atoms with Crippen molar-refractivity contribution in [1.29, 1.82) is 0 Å². The number of nitrogens with zero attached hydrogens (tertiary/aromatic N) is 2. The number of carboxylic acid groups (broad SMARTS) is 1. The zero-order valence-corrected chi connectivity index (χ0v) is 21.8. The summed E-state index contributed by atoms with van der Waals surface area (Å²) in [6.07, 6.45) is 1.88. The molecule has 0 unspecified atom stereocenters. The summed E-state index contributed by atoms with van der Waals surface area (Å²) in [5.41, 5.74) is 0.0648. The summed E-state index contributed by atoms with van der Waals surface area (Å²) in [4.78, 5) is 9.49. The number of rotatable bonds is 13. The maximum atomic E-state index is 9.49. The van der Waals surface area contributed by atoms with Crippen LogP contribution in [0.25, 0.3) is 0 Å². The van der Waals surface area contributed by atoms with Crippen LogP contribution in [0.2, 0.25) is 0 Å². The van der Waals surface area contributed by atoms with E-state index < -0.39 is 5.97 Å². The van der Waals surface area contributed by atoms with Crippen LogP contribution in [0.1, 0.15) is 61.3 Å². The third kappa shape index (κ3) is 18.0. The van der Waals surface area contributed by atoms with E-state index in [1.165, 1.54) is 46.2 Å². The van der Waals surface area contributed by atoms with Crippen LogP contribution in [0.15, 0.2) is 12.2 Å². The second kappa shape index (κ2) is 22.2. The molecule has 7 heteroatoms. The zero-order chi connectivity index (χ0) is 22.6. The van der Waals surface area contributed by atoms with Gasteiger partial charge in [-0.1, -0.05) is 6.58 Å². The molecule has 0 bridgehead atoms. The second-order valence-electron chi connectivity index (χ2n) is 7.25. The van der Waals surface area contributed by atoms with Crippen LogP contribution in [0.5, 0.6) is 0 Å². The molecule has 0 aromatic heterocycles. The highest BCUT2D eigenvalue weighted by molar-refractivity contribution is 5.82. The first-order valence-corrected chi connectivity index (χ1v) is 10.9. The lowest BCUT2D eigenvalue weighted by Crippen LogP contribution is -3.00. The number of aliphatic carboxylic acids is 1. The Morgan fingerprint density at radius 2 is 0.966 bits per heavy atom. The minimum Gasteiger partial charge on any atom is -1.00 e. The topological polar surface area (TPSA) is 80.6 Å². The summed E-state index contributed by atoms with van der Waals surface area (Å²) in [5.74, 6) is -1.19. The standard InChI is InChI=1S/2C9H22NO.C4H6O2.BrH/c2*1-4-10(5-2,6-3)8-7-9-11;1-3(2)4(5)6;/h2*11H,4-9H2,1-3H3;1H2,2H3,(H,5,6);1H/q2*+1;;/p-2. The fraction of sp³-hybridized carbons (Fsp3) is 0.864. The summed E-state index contributed by atoms with van der Waals surface area (Å²) in [5, 5.41) is 26.9. The molecule has 2 N–H and O–H groups in total. The van der Waals surface area contributed by atoms with E-state index in [4.69, 9.17) is 10.2 Å². The zero-order valence-electron chi connectivity index (χ0n) is 20.2. The Morgan fingerprint density at radius 1 is 0.759 bits per heavy atom. The Bertz CT molecular complexity index is 332. The molecule has 0 heterocycles. The molecule has 0 saturated heterocycles. The van der Waals surface area contributed by atoms with Gasteiger partial charge >= 0.3 is 0 Å². The smallest absolute Gasteiger partial charge is 0.0808 e. The van der Waals surface area contributed by atoms with Gasteiger partial charge in [0.2, 0.25) is 0 Å². The number of hydrogen-bond donors (Lipinski definition) is 2. The van der Waals surface area contributed by atoms with Gasteiger partial charge in [0.05, 0.1) is 58.3 Å². The molecular formula is C22H49BrN2O4. The van der Waals surface area contributed by atoms with Gasteiger partial charge in [-0.05, 0) is 54.0 Å². The summed E-state index contributed by atoms with van der Waals surface area (Å²) in [7, 11) is 0. The monoisotopic (exact) mass is 484 g/mol. The molecule has 29 heavy (non-hydrogen) atoms. The summed E-state index contributed by atoms with van der Waals surface area (Å²) >= 11 is 0. The second-order valence-corrected chi connectivity index (χ2v) is 7.25. The van der Waals surface area contributed by atoms with Gasteiger partial charge in [-0.3, -0.25) is 0 Å². The molecule has 0 aromatic rings. The molecular weight excluding hydrogens is 436 g/mol. The van der Waals surface area contributed by atoms with Crippen LogP contribution in [0.3, 0.4) is 0 Å². The molecule has 0 amide bonds. The van der Waals surface area contributed by atoms with E-state index in [-0.39, 0.29) is 22.6 Å².